The van der Waals surface area contributed by atoms with Crippen LogP contribution in [0.4, 0.5) is 0 Å². The second-order valence-electron chi connectivity index (χ2n) is 6.98. The minimum Gasteiger partial charge on any atom is -0.481 e. The predicted molar refractivity (Wildman–Crippen MR) is 89.1 cm³/mol. The van der Waals surface area contributed by atoms with Crippen molar-refractivity contribution < 1.29 is 27.9 Å². The van der Waals surface area contributed by atoms with Gasteiger partial charge in [0.1, 0.15) is 4.90 Å². The Morgan fingerprint density at radius 2 is 1.88 bits per heavy atom. The number of amides is 2. The number of piperidine rings is 1. The number of carboxylic acid groups (broad SMARTS) is 1. The molecule has 2 heterocycles. The first-order chi connectivity index (χ1) is 12.3. The van der Waals surface area contributed by atoms with E-state index in [1.807, 2.05) is 0 Å². The van der Waals surface area contributed by atoms with Crippen molar-refractivity contribution in [2.24, 2.45) is 5.92 Å². The van der Waals surface area contributed by atoms with E-state index in [1.54, 1.807) is 0 Å². The van der Waals surface area contributed by atoms with Crippen LogP contribution in [0.5, 0.6) is 0 Å². The van der Waals surface area contributed by atoms with Crippen molar-refractivity contribution in [1.29, 1.82) is 0 Å². The fraction of sp³-hybridized carbons (Fsp3) is 0.471. The van der Waals surface area contributed by atoms with Gasteiger partial charge in [0, 0.05) is 24.7 Å². The molecule has 0 unspecified atom stereocenters. The van der Waals surface area contributed by atoms with Crippen LogP contribution in [0.3, 0.4) is 0 Å². The van der Waals surface area contributed by atoms with Gasteiger partial charge in [-0.2, -0.15) is 0 Å². The maximum absolute atomic E-state index is 12.7. The summed E-state index contributed by atoms with van der Waals surface area (Å²) < 4.78 is 26.3. The molecule has 0 bridgehead atoms. The first-order valence-corrected chi connectivity index (χ1v) is 9.99. The van der Waals surface area contributed by atoms with Gasteiger partial charge in [-0.3, -0.25) is 14.4 Å². The normalized spacial score (nSPS) is 24.5. The Morgan fingerprint density at radius 1 is 1.15 bits per heavy atom. The van der Waals surface area contributed by atoms with Crippen LogP contribution in [0.25, 0.3) is 0 Å². The molecule has 1 aliphatic carbocycles. The minimum atomic E-state index is -3.92. The molecule has 0 radical (unpaired) electrons. The second kappa shape index (κ2) is 5.80. The highest BCUT2D eigenvalue weighted by Gasteiger charge is 2.49. The van der Waals surface area contributed by atoms with Gasteiger partial charge in [0.15, 0.2) is 0 Å². The number of likely N-dealkylation sites (tertiary alicyclic amines) is 1. The Hall–Kier alpha value is -2.42. The fourth-order valence-corrected chi connectivity index (χ4v) is 5.44. The van der Waals surface area contributed by atoms with Crippen molar-refractivity contribution in [2.45, 2.75) is 36.6 Å². The summed E-state index contributed by atoms with van der Waals surface area (Å²) in [5.74, 6) is -2.50. The van der Waals surface area contributed by atoms with Crippen LogP contribution in [0, 0.1) is 5.92 Å². The molecule has 0 spiro atoms. The van der Waals surface area contributed by atoms with Crippen molar-refractivity contribution in [1.82, 2.24) is 9.21 Å². The van der Waals surface area contributed by atoms with Crippen LogP contribution in [0.1, 0.15) is 46.4 Å². The third-order valence-corrected chi connectivity index (χ3v) is 7.01. The van der Waals surface area contributed by atoms with Crippen LogP contribution in [0.15, 0.2) is 23.1 Å². The molecule has 3 aliphatic rings. The number of carbonyl (C=O) groups is 3. The zero-order valence-electron chi connectivity index (χ0n) is 13.9. The molecular weight excluding hydrogens is 360 g/mol. The molecular formula is C17H18N2O6S. The third-order valence-electron chi connectivity index (χ3n) is 5.13. The molecule has 2 aliphatic heterocycles. The molecule has 2 fully saturated rings. The highest BCUT2D eigenvalue weighted by molar-refractivity contribution is 7.90. The number of benzene rings is 1. The van der Waals surface area contributed by atoms with E-state index in [1.165, 1.54) is 23.1 Å². The summed E-state index contributed by atoms with van der Waals surface area (Å²) in [6, 6.07) is 3.79. The van der Waals surface area contributed by atoms with Gasteiger partial charge in [0.25, 0.3) is 21.8 Å². The van der Waals surface area contributed by atoms with Crippen molar-refractivity contribution in [3.05, 3.63) is 29.3 Å². The first kappa shape index (κ1) is 17.0. The topological polar surface area (TPSA) is 112 Å². The summed E-state index contributed by atoms with van der Waals surface area (Å²) >= 11 is 0. The lowest BCUT2D eigenvalue weighted by Crippen LogP contribution is -2.42. The number of nitrogens with zero attached hydrogens (tertiary/aromatic N) is 2. The first-order valence-electron chi connectivity index (χ1n) is 8.55. The van der Waals surface area contributed by atoms with E-state index in [0.717, 1.165) is 4.31 Å². The zero-order chi connectivity index (χ0) is 18.6. The van der Waals surface area contributed by atoms with Crippen molar-refractivity contribution >= 4 is 27.8 Å². The highest BCUT2D eigenvalue weighted by atomic mass is 32.2. The maximum Gasteiger partial charge on any atom is 0.308 e. The number of carboxylic acids is 1. The van der Waals surface area contributed by atoms with Gasteiger partial charge in [-0.15, -0.1) is 0 Å². The Kier molecular flexibility index (Phi) is 3.80. The molecule has 1 aromatic carbocycles. The summed E-state index contributed by atoms with van der Waals surface area (Å²) in [5, 5.41) is 9.16. The van der Waals surface area contributed by atoms with E-state index in [9.17, 15) is 22.8 Å². The molecule has 1 N–H and O–H groups in total. The SMILES string of the molecule is O=C(O)[C@@H]1CCCN(C(=O)c2ccc3c(c2)S(=O)(=O)N(C2CC2)C3=O)C1. The molecule has 1 saturated heterocycles. The monoisotopic (exact) mass is 378 g/mol. The lowest BCUT2D eigenvalue weighted by atomic mass is 9.97. The highest BCUT2D eigenvalue weighted by Crippen LogP contribution is 2.39. The van der Waals surface area contributed by atoms with Gasteiger partial charge < -0.3 is 10.0 Å². The number of fused-ring (bicyclic) bond motifs is 1. The van der Waals surface area contributed by atoms with Crippen molar-refractivity contribution in [3.8, 4) is 0 Å². The molecule has 1 aromatic rings. The minimum absolute atomic E-state index is 0.0931. The fourth-order valence-electron chi connectivity index (χ4n) is 3.60. The molecule has 0 aromatic heterocycles. The number of hydrogen-bond donors (Lipinski definition) is 1. The number of hydrogen-bond acceptors (Lipinski definition) is 5. The van der Waals surface area contributed by atoms with Gasteiger partial charge in [0.05, 0.1) is 11.5 Å². The Morgan fingerprint density at radius 3 is 2.54 bits per heavy atom. The van der Waals surface area contributed by atoms with Gasteiger partial charge in [-0.05, 0) is 43.9 Å². The molecule has 2 amide bonds. The second-order valence-corrected chi connectivity index (χ2v) is 8.76. The van der Waals surface area contributed by atoms with E-state index in [0.29, 0.717) is 32.2 Å². The van der Waals surface area contributed by atoms with Crippen LogP contribution in [-0.4, -0.2) is 59.6 Å². The molecule has 1 atom stereocenters. The van der Waals surface area contributed by atoms with Crippen molar-refractivity contribution in [3.63, 3.8) is 0 Å². The number of sulfonamides is 1. The van der Waals surface area contributed by atoms with E-state index in [4.69, 9.17) is 5.11 Å². The third kappa shape index (κ3) is 2.57. The molecule has 4 rings (SSSR count). The molecule has 8 nitrogen and oxygen atoms in total. The van der Waals surface area contributed by atoms with E-state index < -0.39 is 33.7 Å². The van der Waals surface area contributed by atoms with Gasteiger partial charge >= 0.3 is 5.97 Å². The Bertz CT molecular complexity index is 921. The summed E-state index contributed by atoms with van der Waals surface area (Å²) in [7, 11) is -3.92. The summed E-state index contributed by atoms with van der Waals surface area (Å²) in [5.41, 5.74) is 0.249. The standard InChI is InChI=1S/C17H18N2O6S/c20-15(18-7-1-2-11(9-18)17(22)23)10-3-6-13-14(8-10)26(24,25)19(16(13)21)12-4-5-12/h3,6,8,11-12H,1-2,4-5,7,9H2,(H,22,23)/t11-/m1/s1. The zero-order valence-corrected chi connectivity index (χ0v) is 14.7. The lowest BCUT2D eigenvalue weighted by molar-refractivity contribution is -0.143. The maximum atomic E-state index is 12.7. The average Bonchev–Trinajstić information content (AvgIpc) is 3.42. The largest absolute Gasteiger partial charge is 0.481 e. The van der Waals surface area contributed by atoms with Gasteiger partial charge in [-0.1, -0.05) is 0 Å². The quantitative estimate of drug-likeness (QED) is 0.837. The summed E-state index contributed by atoms with van der Waals surface area (Å²) in [6.45, 7) is 0.532. The van der Waals surface area contributed by atoms with Gasteiger partial charge in [-0.25, -0.2) is 12.7 Å². The smallest absolute Gasteiger partial charge is 0.308 e. The predicted octanol–water partition coefficient (Wildman–Crippen LogP) is 0.930. The summed E-state index contributed by atoms with van der Waals surface area (Å²) in [4.78, 5) is 37.6. The molecule has 9 heteroatoms. The number of carbonyl (C=O) groups excluding carboxylic acids is 2. The summed E-state index contributed by atoms with van der Waals surface area (Å²) in [6.07, 6.45) is 2.42. The number of rotatable bonds is 3. The van der Waals surface area contributed by atoms with E-state index in [2.05, 4.69) is 0 Å². The lowest BCUT2D eigenvalue weighted by Gasteiger charge is -2.30. The number of aliphatic carboxylic acids is 1. The average molecular weight is 378 g/mol. The van der Waals surface area contributed by atoms with Crippen molar-refractivity contribution in [2.75, 3.05) is 13.1 Å². The molecule has 1 saturated carbocycles. The van der Waals surface area contributed by atoms with E-state index in [-0.39, 0.29) is 28.6 Å². The Balaban J connectivity index is 1.64. The van der Waals surface area contributed by atoms with Crippen LogP contribution in [-0.2, 0) is 14.8 Å². The molecule has 138 valence electrons. The Labute approximate surface area is 150 Å². The molecule has 26 heavy (non-hydrogen) atoms. The van der Waals surface area contributed by atoms with Crippen LogP contribution < -0.4 is 0 Å². The van der Waals surface area contributed by atoms with Gasteiger partial charge in [0.2, 0.25) is 0 Å². The van der Waals surface area contributed by atoms with Crippen LogP contribution >= 0.6 is 0 Å². The van der Waals surface area contributed by atoms with Crippen LogP contribution in [0.2, 0.25) is 0 Å². The van der Waals surface area contributed by atoms with E-state index >= 15 is 0 Å².